The first-order valence-electron chi connectivity index (χ1n) is 5.17. The summed E-state index contributed by atoms with van der Waals surface area (Å²) in [7, 11) is 0. The first-order chi connectivity index (χ1) is 6.16. The predicted molar refractivity (Wildman–Crippen MR) is 57.0 cm³/mol. The van der Waals surface area contributed by atoms with E-state index in [9.17, 15) is 10.2 Å². The minimum Gasteiger partial charge on any atom is -0.390 e. The lowest BCUT2D eigenvalue weighted by molar-refractivity contribution is -0.0436. The van der Waals surface area contributed by atoms with Crippen molar-refractivity contribution in [3.05, 3.63) is 0 Å². The van der Waals surface area contributed by atoms with Crippen molar-refractivity contribution < 1.29 is 10.2 Å². The first-order valence-corrected chi connectivity index (χ1v) is 6.08. The van der Waals surface area contributed by atoms with Crippen LogP contribution in [0.1, 0.15) is 39.0 Å². The van der Waals surface area contributed by atoms with E-state index >= 15 is 0 Å². The number of hydrogen-bond donors (Lipinski definition) is 2. The fourth-order valence-electron chi connectivity index (χ4n) is 2.01. The third kappa shape index (κ3) is 2.93. The van der Waals surface area contributed by atoms with Gasteiger partial charge in [-0.3, -0.25) is 0 Å². The molecular weight excluding hydrogens is 232 g/mol. The molecule has 1 aliphatic carbocycles. The summed E-state index contributed by atoms with van der Waals surface area (Å²) in [6.07, 6.45) is 3.98. The molecule has 2 N–H and O–H groups in total. The average molecular weight is 251 g/mol. The van der Waals surface area contributed by atoms with Crippen molar-refractivity contribution in [1.29, 1.82) is 0 Å². The van der Waals surface area contributed by atoms with Gasteiger partial charge in [0.15, 0.2) is 0 Å². The molecule has 2 nitrogen and oxygen atoms in total. The van der Waals surface area contributed by atoms with Gasteiger partial charge in [0, 0.05) is 4.83 Å². The summed E-state index contributed by atoms with van der Waals surface area (Å²) in [5, 5.41) is 19.2. The van der Waals surface area contributed by atoms with Crippen LogP contribution in [0.2, 0.25) is 0 Å². The average Bonchev–Trinajstić information content (AvgIpc) is 2.12. The Bertz CT molecular complexity index is 152. The zero-order chi connectivity index (χ0) is 9.84. The van der Waals surface area contributed by atoms with Gasteiger partial charge in [-0.1, -0.05) is 35.7 Å². The molecule has 0 aromatic carbocycles. The third-order valence-electron chi connectivity index (χ3n) is 2.93. The van der Waals surface area contributed by atoms with E-state index in [4.69, 9.17) is 0 Å². The highest BCUT2D eigenvalue weighted by atomic mass is 79.9. The SMILES string of the molecule is CCCC[C@@H]1[C@@H](O)[C@@H](O)CC[C@H]1Br. The highest BCUT2D eigenvalue weighted by Crippen LogP contribution is 2.33. The van der Waals surface area contributed by atoms with Crippen molar-refractivity contribution in [2.75, 3.05) is 0 Å². The van der Waals surface area contributed by atoms with E-state index < -0.39 is 12.2 Å². The van der Waals surface area contributed by atoms with Gasteiger partial charge in [-0.25, -0.2) is 0 Å². The maximum atomic E-state index is 9.75. The van der Waals surface area contributed by atoms with E-state index in [1.807, 2.05) is 0 Å². The molecule has 0 saturated heterocycles. The number of aliphatic hydroxyl groups is 2. The molecule has 3 heteroatoms. The predicted octanol–water partition coefficient (Wildman–Crippen LogP) is 2.07. The number of aliphatic hydroxyl groups excluding tert-OH is 2. The minimum atomic E-state index is -0.523. The normalized spacial score (nSPS) is 40.6. The van der Waals surface area contributed by atoms with E-state index in [2.05, 4.69) is 22.9 Å². The Hall–Kier alpha value is 0.400. The van der Waals surface area contributed by atoms with E-state index in [1.54, 1.807) is 0 Å². The van der Waals surface area contributed by atoms with Crippen LogP contribution in [0.4, 0.5) is 0 Å². The molecule has 0 aromatic heterocycles. The van der Waals surface area contributed by atoms with Gasteiger partial charge in [-0.05, 0) is 25.2 Å². The van der Waals surface area contributed by atoms with Crippen LogP contribution in [-0.2, 0) is 0 Å². The standard InChI is InChI=1S/C10H19BrO2/c1-2-3-4-7-8(11)5-6-9(12)10(7)13/h7-10,12-13H,2-6H2,1H3/t7-,8+,9-,10+/m0/s1. The summed E-state index contributed by atoms with van der Waals surface area (Å²) in [6, 6.07) is 0. The molecular formula is C10H19BrO2. The lowest BCUT2D eigenvalue weighted by Gasteiger charge is -2.35. The Kier molecular flexibility index (Phi) is 4.70. The molecule has 0 heterocycles. The van der Waals surface area contributed by atoms with Gasteiger partial charge >= 0.3 is 0 Å². The lowest BCUT2D eigenvalue weighted by Crippen LogP contribution is -2.42. The van der Waals surface area contributed by atoms with Gasteiger partial charge in [0.2, 0.25) is 0 Å². The van der Waals surface area contributed by atoms with Gasteiger partial charge < -0.3 is 10.2 Å². The minimum absolute atomic E-state index is 0.240. The zero-order valence-electron chi connectivity index (χ0n) is 8.12. The first kappa shape index (κ1) is 11.5. The van der Waals surface area contributed by atoms with Crippen LogP contribution in [0.5, 0.6) is 0 Å². The topological polar surface area (TPSA) is 40.5 Å². The van der Waals surface area contributed by atoms with Crippen LogP contribution < -0.4 is 0 Å². The Morgan fingerprint density at radius 1 is 1.31 bits per heavy atom. The van der Waals surface area contributed by atoms with Crippen LogP contribution in [0.3, 0.4) is 0 Å². The summed E-state index contributed by atoms with van der Waals surface area (Å²) >= 11 is 3.58. The Morgan fingerprint density at radius 2 is 2.00 bits per heavy atom. The molecule has 78 valence electrons. The summed E-state index contributed by atoms with van der Waals surface area (Å²) in [4.78, 5) is 0.387. The largest absolute Gasteiger partial charge is 0.390 e. The van der Waals surface area contributed by atoms with Crippen LogP contribution in [0.25, 0.3) is 0 Å². The van der Waals surface area contributed by atoms with Crippen LogP contribution in [0, 0.1) is 5.92 Å². The maximum absolute atomic E-state index is 9.75. The Morgan fingerprint density at radius 3 is 2.62 bits per heavy atom. The van der Waals surface area contributed by atoms with Crippen LogP contribution in [-0.4, -0.2) is 27.2 Å². The molecule has 1 aliphatic rings. The number of rotatable bonds is 3. The second-order valence-electron chi connectivity index (χ2n) is 3.96. The molecule has 0 amide bonds. The fourth-order valence-corrected chi connectivity index (χ4v) is 2.85. The molecule has 1 saturated carbocycles. The molecule has 0 aromatic rings. The summed E-state index contributed by atoms with van der Waals surface area (Å²) in [5.41, 5.74) is 0. The number of unbranched alkanes of at least 4 members (excludes halogenated alkanes) is 1. The summed E-state index contributed by atoms with van der Waals surface area (Å²) in [5.74, 6) is 0.240. The van der Waals surface area contributed by atoms with E-state index in [-0.39, 0.29) is 5.92 Å². The van der Waals surface area contributed by atoms with Gasteiger partial charge in [-0.2, -0.15) is 0 Å². The fraction of sp³-hybridized carbons (Fsp3) is 1.00. The molecule has 0 bridgehead atoms. The molecule has 0 radical (unpaired) electrons. The second kappa shape index (κ2) is 5.32. The molecule has 0 aliphatic heterocycles. The third-order valence-corrected chi connectivity index (χ3v) is 4.06. The lowest BCUT2D eigenvalue weighted by atomic mass is 9.81. The maximum Gasteiger partial charge on any atom is 0.0837 e. The van der Waals surface area contributed by atoms with E-state index in [0.717, 1.165) is 32.1 Å². The number of hydrogen-bond acceptors (Lipinski definition) is 2. The van der Waals surface area contributed by atoms with Crippen molar-refractivity contribution in [2.24, 2.45) is 5.92 Å². The molecule has 0 spiro atoms. The Balaban J connectivity index is 2.45. The zero-order valence-corrected chi connectivity index (χ0v) is 9.70. The van der Waals surface area contributed by atoms with E-state index in [0.29, 0.717) is 4.83 Å². The highest BCUT2D eigenvalue weighted by molar-refractivity contribution is 9.09. The van der Waals surface area contributed by atoms with Crippen molar-refractivity contribution in [2.45, 2.75) is 56.1 Å². The highest BCUT2D eigenvalue weighted by Gasteiger charge is 2.35. The second-order valence-corrected chi connectivity index (χ2v) is 5.13. The van der Waals surface area contributed by atoms with Gasteiger partial charge in [-0.15, -0.1) is 0 Å². The van der Waals surface area contributed by atoms with E-state index in [1.165, 1.54) is 0 Å². The van der Waals surface area contributed by atoms with Crippen molar-refractivity contribution in [1.82, 2.24) is 0 Å². The van der Waals surface area contributed by atoms with Gasteiger partial charge in [0.1, 0.15) is 0 Å². The quantitative estimate of drug-likeness (QED) is 0.754. The van der Waals surface area contributed by atoms with Crippen molar-refractivity contribution in [3.63, 3.8) is 0 Å². The van der Waals surface area contributed by atoms with Crippen molar-refractivity contribution in [3.8, 4) is 0 Å². The van der Waals surface area contributed by atoms with Crippen LogP contribution >= 0.6 is 15.9 Å². The molecule has 4 atom stereocenters. The molecule has 1 fully saturated rings. The summed E-state index contributed by atoms with van der Waals surface area (Å²) in [6.45, 7) is 2.15. The Labute approximate surface area is 88.5 Å². The molecule has 1 rings (SSSR count). The van der Waals surface area contributed by atoms with Gasteiger partial charge in [0.05, 0.1) is 12.2 Å². The summed E-state index contributed by atoms with van der Waals surface area (Å²) < 4.78 is 0. The monoisotopic (exact) mass is 250 g/mol. The number of halogens is 1. The molecule has 0 unspecified atom stereocenters. The smallest absolute Gasteiger partial charge is 0.0837 e. The van der Waals surface area contributed by atoms with Gasteiger partial charge in [0.25, 0.3) is 0 Å². The molecule has 13 heavy (non-hydrogen) atoms. The van der Waals surface area contributed by atoms with Crippen LogP contribution in [0.15, 0.2) is 0 Å². The number of alkyl halides is 1. The van der Waals surface area contributed by atoms with Crippen molar-refractivity contribution >= 4 is 15.9 Å².